The molecule has 0 saturated carbocycles. The lowest BCUT2D eigenvalue weighted by Crippen LogP contribution is -2.22. The molecule has 1 saturated heterocycles. The summed E-state index contributed by atoms with van der Waals surface area (Å²) in [5, 5.41) is 0. The van der Waals surface area contributed by atoms with Crippen molar-refractivity contribution < 1.29 is 4.21 Å². The molecule has 1 heterocycles. The molecule has 1 aliphatic heterocycles. The van der Waals surface area contributed by atoms with Crippen LogP contribution in [0.25, 0.3) is 0 Å². The van der Waals surface area contributed by atoms with E-state index in [1.54, 1.807) is 0 Å². The van der Waals surface area contributed by atoms with Gasteiger partial charge in [-0.3, -0.25) is 0 Å². The molecule has 0 bridgehead atoms. The molecule has 0 aliphatic carbocycles. The Kier molecular flexibility index (Phi) is 2.83. The van der Waals surface area contributed by atoms with Gasteiger partial charge in [-0.15, -0.1) is 0 Å². The third-order valence-electron chi connectivity index (χ3n) is 2.76. The van der Waals surface area contributed by atoms with Crippen LogP contribution < -0.4 is 0 Å². The van der Waals surface area contributed by atoms with Crippen LogP contribution in [0.15, 0.2) is 28.6 Å². The molecule has 3 heteroatoms. The summed E-state index contributed by atoms with van der Waals surface area (Å²) in [4.78, 5) is 0. The summed E-state index contributed by atoms with van der Waals surface area (Å²) in [6.07, 6.45) is 1.06. The van der Waals surface area contributed by atoms with Gasteiger partial charge in [-0.05, 0) is 30.0 Å². The average molecular weight is 223 g/mol. The van der Waals surface area contributed by atoms with Gasteiger partial charge in [-0.25, -0.2) is 4.21 Å². The second kappa shape index (κ2) is 3.97. The minimum absolute atomic E-state index is 0.538. The van der Waals surface area contributed by atoms with Crippen LogP contribution in [0.4, 0.5) is 5.69 Å². The van der Waals surface area contributed by atoms with E-state index in [0.717, 1.165) is 23.6 Å². The highest BCUT2D eigenvalue weighted by molar-refractivity contribution is 7.95. The molecule has 82 valence electrons. The molecule has 0 radical (unpaired) electrons. The molecule has 15 heavy (non-hydrogen) atoms. The fourth-order valence-corrected chi connectivity index (χ4v) is 3.07. The molecule has 0 atom stereocenters. The second-order valence-corrected chi connectivity index (χ2v) is 6.92. The van der Waals surface area contributed by atoms with Crippen molar-refractivity contribution in [2.24, 2.45) is 4.36 Å². The number of nitrogens with zero attached hydrogens (tertiary/aromatic N) is 1. The Morgan fingerprint density at radius 2 is 1.80 bits per heavy atom. The zero-order valence-electron chi connectivity index (χ0n) is 9.27. The van der Waals surface area contributed by atoms with Gasteiger partial charge in [-0.1, -0.05) is 26.0 Å². The minimum Gasteiger partial charge on any atom is -0.249 e. The molecule has 0 spiro atoms. The largest absolute Gasteiger partial charge is 0.249 e. The van der Waals surface area contributed by atoms with Crippen LogP contribution in [0, 0.1) is 0 Å². The van der Waals surface area contributed by atoms with Crippen LogP contribution >= 0.6 is 0 Å². The Morgan fingerprint density at radius 1 is 1.20 bits per heavy atom. The van der Waals surface area contributed by atoms with E-state index in [1.165, 1.54) is 5.56 Å². The van der Waals surface area contributed by atoms with Gasteiger partial charge < -0.3 is 0 Å². The fraction of sp³-hybridized carbons (Fsp3) is 0.500. The van der Waals surface area contributed by atoms with Crippen molar-refractivity contribution in [3.05, 3.63) is 29.8 Å². The molecule has 1 aliphatic rings. The highest BCUT2D eigenvalue weighted by atomic mass is 32.2. The van der Waals surface area contributed by atoms with E-state index in [1.807, 2.05) is 12.1 Å². The molecule has 0 aromatic heterocycles. The second-order valence-electron chi connectivity index (χ2n) is 4.37. The smallest absolute Gasteiger partial charge is 0.0730 e. The molecular weight excluding hydrogens is 206 g/mol. The molecule has 2 nitrogen and oxygen atoms in total. The lowest BCUT2D eigenvalue weighted by molar-refractivity contribution is 0.663. The molecule has 1 aromatic carbocycles. The molecule has 0 N–H and O–H groups in total. The topological polar surface area (TPSA) is 29.4 Å². The molecular formula is C12H17NOS. The van der Waals surface area contributed by atoms with E-state index < -0.39 is 9.73 Å². The van der Waals surface area contributed by atoms with Gasteiger partial charge in [0.15, 0.2) is 0 Å². The SMILES string of the molecule is CC(C)c1ccc(N=S2(=O)CCC2)cc1. The summed E-state index contributed by atoms with van der Waals surface area (Å²) < 4.78 is 16.2. The standard InChI is InChI=1S/C12H17NOS/c1-10(2)11-4-6-12(7-5-11)13-15(14)8-3-9-15/h4-7,10H,3,8-9H2,1-2H3. The van der Waals surface area contributed by atoms with Gasteiger partial charge in [0.2, 0.25) is 0 Å². The minimum atomic E-state index is -1.85. The number of rotatable bonds is 2. The van der Waals surface area contributed by atoms with Crippen LogP contribution in [0.2, 0.25) is 0 Å². The van der Waals surface area contributed by atoms with E-state index in [2.05, 4.69) is 30.3 Å². The summed E-state index contributed by atoms with van der Waals surface area (Å²) >= 11 is 0. The summed E-state index contributed by atoms with van der Waals surface area (Å²) in [6.45, 7) is 4.33. The number of hydrogen-bond acceptors (Lipinski definition) is 2. The maximum atomic E-state index is 11.9. The predicted molar refractivity (Wildman–Crippen MR) is 65.1 cm³/mol. The third-order valence-corrected chi connectivity index (χ3v) is 5.15. The van der Waals surface area contributed by atoms with E-state index in [9.17, 15) is 4.21 Å². The predicted octanol–water partition coefficient (Wildman–Crippen LogP) is 3.31. The van der Waals surface area contributed by atoms with Crippen LogP contribution in [0.3, 0.4) is 0 Å². The first-order valence-corrected chi connectivity index (χ1v) is 7.27. The zero-order valence-corrected chi connectivity index (χ0v) is 10.1. The lowest BCUT2D eigenvalue weighted by Gasteiger charge is -2.17. The van der Waals surface area contributed by atoms with Crippen molar-refractivity contribution in [3.63, 3.8) is 0 Å². The van der Waals surface area contributed by atoms with Gasteiger partial charge in [0, 0.05) is 11.5 Å². The van der Waals surface area contributed by atoms with Crippen LogP contribution in [0.5, 0.6) is 0 Å². The Labute approximate surface area is 91.9 Å². The fourth-order valence-electron chi connectivity index (χ4n) is 1.59. The normalized spacial score (nSPS) is 18.6. The number of hydrogen-bond donors (Lipinski definition) is 0. The van der Waals surface area contributed by atoms with Crippen molar-refractivity contribution in [1.82, 2.24) is 0 Å². The number of benzene rings is 1. The maximum Gasteiger partial charge on any atom is 0.0730 e. The summed E-state index contributed by atoms with van der Waals surface area (Å²) in [5.41, 5.74) is 2.17. The highest BCUT2D eigenvalue weighted by Crippen LogP contribution is 2.23. The van der Waals surface area contributed by atoms with E-state index >= 15 is 0 Å². The van der Waals surface area contributed by atoms with Crippen molar-refractivity contribution in [2.75, 3.05) is 11.5 Å². The molecule has 0 unspecified atom stereocenters. The van der Waals surface area contributed by atoms with Gasteiger partial charge in [0.1, 0.15) is 0 Å². The Balaban J connectivity index is 2.25. The summed E-state index contributed by atoms with van der Waals surface area (Å²) in [7, 11) is -1.85. The van der Waals surface area contributed by atoms with Crippen LogP contribution in [0.1, 0.15) is 31.7 Å². The first-order valence-electron chi connectivity index (χ1n) is 5.41. The van der Waals surface area contributed by atoms with Gasteiger partial charge in [-0.2, -0.15) is 4.36 Å². The monoisotopic (exact) mass is 223 g/mol. The molecule has 2 rings (SSSR count). The van der Waals surface area contributed by atoms with Crippen molar-refractivity contribution in [3.8, 4) is 0 Å². The Morgan fingerprint density at radius 3 is 2.20 bits per heavy atom. The van der Waals surface area contributed by atoms with Gasteiger partial charge in [0.25, 0.3) is 0 Å². The van der Waals surface area contributed by atoms with Crippen molar-refractivity contribution in [2.45, 2.75) is 26.2 Å². The van der Waals surface area contributed by atoms with Crippen molar-refractivity contribution >= 4 is 15.4 Å². The van der Waals surface area contributed by atoms with Crippen LogP contribution in [-0.2, 0) is 9.73 Å². The first-order chi connectivity index (χ1) is 7.09. The molecule has 0 amide bonds. The highest BCUT2D eigenvalue weighted by Gasteiger charge is 2.18. The maximum absolute atomic E-state index is 11.9. The third kappa shape index (κ3) is 2.40. The summed E-state index contributed by atoms with van der Waals surface area (Å²) in [6, 6.07) is 8.09. The quantitative estimate of drug-likeness (QED) is 0.756. The van der Waals surface area contributed by atoms with E-state index in [-0.39, 0.29) is 0 Å². The average Bonchev–Trinajstić information content (AvgIpc) is 2.16. The Hall–Kier alpha value is -0.830. The summed E-state index contributed by atoms with van der Waals surface area (Å²) in [5.74, 6) is 2.09. The molecule has 1 fully saturated rings. The van der Waals surface area contributed by atoms with E-state index in [0.29, 0.717) is 5.92 Å². The lowest BCUT2D eigenvalue weighted by atomic mass is 10.0. The van der Waals surface area contributed by atoms with Gasteiger partial charge in [0.05, 0.1) is 15.4 Å². The van der Waals surface area contributed by atoms with Crippen LogP contribution in [-0.4, -0.2) is 15.7 Å². The molecule has 1 aromatic rings. The van der Waals surface area contributed by atoms with E-state index in [4.69, 9.17) is 0 Å². The van der Waals surface area contributed by atoms with Gasteiger partial charge >= 0.3 is 0 Å². The first kappa shape index (κ1) is 10.7. The zero-order chi connectivity index (χ0) is 10.9. The van der Waals surface area contributed by atoms with Crippen molar-refractivity contribution in [1.29, 1.82) is 0 Å². The Bertz CT molecular complexity index is 443.